The van der Waals surface area contributed by atoms with Crippen LogP contribution in [0.5, 0.6) is 0 Å². The Balaban J connectivity index is 1.61. The molecule has 162 valence electrons. The number of anilines is 1. The van der Waals surface area contributed by atoms with Gasteiger partial charge in [0.05, 0.1) is 29.8 Å². The number of ether oxygens (including phenoxy) is 1. The molecule has 32 heavy (non-hydrogen) atoms. The van der Waals surface area contributed by atoms with Gasteiger partial charge in [0.2, 0.25) is 0 Å². The van der Waals surface area contributed by atoms with Crippen molar-refractivity contribution in [1.82, 2.24) is 4.90 Å². The summed E-state index contributed by atoms with van der Waals surface area (Å²) in [5.74, 6) is -1.84. The SMILES string of the molecule is CCOC(=O)c1cc(CN2C(=O)c3ccccc3C2=O)sc1NC(=O)c1ccc(Cl)cc1. The smallest absolute Gasteiger partial charge is 0.341 e. The molecular weight excluding hydrogens is 452 g/mol. The van der Waals surface area contributed by atoms with E-state index in [-0.39, 0.29) is 23.7 Å². The minimum absolute atomic E-state index is 0.0275. The molecule has 7 nitrogen and oxygen atoms in total. The number of esters is 1. The van der Waals surface area contributed by atoms with Crippen LogP contribution in [-0.2, 0) is 11.3 Å². The van der Waals surface area contributed by atoms with Gasteiger partial charge in [0.1, 0.15) is 5.00 Å². The fourth-order valence-corrected chi connectivity index (χ4v) is 4.44. The number of imide groups is 1. The highest BCUT2D eigenvalue weighted by Gasteiger charge is 2.35. The van der Waals surface area contributed by atoms with Gasteiger partial charge in [0.25, 0.3) is 17.7 Å². The molecule has 0 unspecified atom stereocenters. The molecular formula is C23H17ClN2O5S. The van der Waals surface area contributed by atoms with Crippen molar-refractivity contribution in [2.75, 3.05) is 11.9 Å². The molecule has 0 saturated heterocycles. The van der Waals surface area contributed by atoms with Crippen LogP contribution in [0.25, 0.3) is 0 Å². The maximum absolute atomic E-state index is 12.7. The molecule has 0 fully saturated rings. The fraction of sp³-hybridized carbons (Fsp3) is 0.130. The highest BCUT2D eigenvalue weighted by atomic mass is 35.5. The van der Waals surface area contributed by atoms with Crippen molar-refractivity contribution in [3.8, 4) is 0 Å². The zero-order chi connectivity index (χ0) is 22.8. The zero-order valence-corrected chi connectivity index (χ0v) is 18.5. The van der Waals surface area contributed by atoms with Gasteiger partial charge in [-0.3, -0.25) is 19.3 Å². The van der Waals surface area contributed by atoms with Crippen molar-refractivity contribution in [3.63, 3.8) is 0 Å². The summed E-state index contributed by atoms with van der Waals surface area (Å²) in [4.78, 5) is 52.1. The Morgan fingerprint density at radius 1 is 1.03 bits per heavy atom. The summed E-state index contributed by atoms with van der Waals surface area (Å²) in [6, 6.07) is 14.4. The van der Waals surface area contributed by atoms with E-state index in [1.807, 2.05) is 0 Å². The number of hydrogen-bond donors (Lipinski definition) is 1. The summed E-state index contributed by atoms with van der Waals surface area (Å²) in [6.07, 6.45) is 0. The average Bonchev–Trinajstić information content (AvgIpc) is 3.29. The largest absolute Gasteiger partial charge is 0.462 e. The number of fused-ring (bicyclic) bond motifs is 1. The van der Waals surface area contributed by atoms with Crippen molar-refractivity contribution >= 4 is 51.6 Å². The van der Waals surface area contributed by atoms with Gasteiger partial charge in [-0.15, -0.1) is 11.3 Å². The van der Waals surface area contributed by atoms with E-state index in [1.165, 1.54) is 6.07 Å². The molecule has 9 heteroatoms. The number of halogens is 1. The molecule has 2 heterocycles. The quantitative estimate of drug-likeness (QED) is 0.420. The third-order valence-corrected chi connectivity index (χ3v) is 6.09. The molecule has 4 rings (SSSR count). The van der Waals surface area contributed by atoms with E-state index in [1.54, 1.807) is 55.5 Å². The first-order valence-electron chi connectivity index (χ1n) is 9.71. The monoisotopic (exact) mass is 468 g/mol. The molecule has 1 aliphatic heterocycles. The minimum atomic E-state index is -0.608. The maximum Gasteiger partial charge on any atom is 0.341 e. The molecule has 1 N–H and O–H groups in total. The summed E-state index contributed by atoms with van der Waals surface area (Å²) in [7, 11) is 0. The molecule has 0 saturated carbocycles. The van der Waals surface area contributed by atoms with Crippen LogP contribution in [-0.4, -0.2) is 35.2 Å². The van der Waals surface area contributed by atoms with Crippen LogP contribution in [0.15, 0.2) is 54.6 Å². The normalized spacial score (nSPS) is 12.6. The number of rotatable bonds is 6. The lowest BCUT2D eigenvalue weighted by molar-refractivity contribution is 0.0527. The number of hydrogen-bond acceptors (Lipinski definition) is 6. The van der Waals surface area contributed by atoms with E-state index in [4.69, 9.17) is 16.3 Å². The Labute approximate surface area is 192 Å². The predicted octanol–water partition coefficient (Wildman–Crippen LogP) is 4.63. The van der Waals surface area contributed by atoms with E-state index >= 15 is 0 Å². The number of thiophene rings is 1. The van der Waals surface area contributed by atoms with Crippen LogP contribution in [0.2, 0.25) is 5.02 Å². The zero-order valence-electron chi connectivity index (χ0n) is 16.9. The number of nitrogens with zero attached hydrogens (tertiary/aromatic N) is 1. The Bertz CT molecular complexity index is 1200. The summed E-state index contributed by atoms with van der Waals surface area (Å²) in [6.45, 7) is 1.81. The molecule has 3 amide bonds. The number of benzene rings is 2. The Morgan fingerprint density at radius 3 is 2.25 bits per heavy atom. The van der Waals surface area contributed by atoms with Gasteiger partial charge in [-0.05, 0) is 49.4 Å². The van der Waals surface area contributed by atoms with E-state index < -0.39 is 23.7 Å². The van der Waals surface area contributed by atoms with Crippen LogP contribution >= 0.6 is 22.9 Å². The third-order valence-electron chi connectivity index (χ3n) is 4.80. The Kier molecular flexibility index (Phi) is 6.07. The summed E-state index contributed by atoms with van der Waals surface area (Å²) < 4.78 is 5.10. The lowest BCUT2D eigenvalue weighted by atomic mass is 10.1. The molecule has 2 aromatic carbocycles. The van der Waals surface area contributed by atoms with Gasteiger partial charge in [-0.1, -0.05) is 23.7 Å². The van der Waals surface area contributed by atoms with Crippen LogP contribution in [0.4, 0.5) is 5.00 Å². The first-order valence-corrected chi connectivity index (χ1v) is 10.9. The predicted molar refractivity (Wildman–Crippen MR) is 120 cm³/mol. The fourth-order valence-electron chi connectivity index (χ4n) is 3.29. The van der Waals surface area contributed by atoms with Crippen LogP contribution in [0, 0.1) is 0 Å². The molecule has 0 radical (unpaired) electrons. The van der Waals surface area contributed by atoms with Gasteiger partial charge < -0.3 is 10.1 Å². The summed E-state index contributed by atoms with van der Waals surface area (Å²) >= 11 is 6.97. The number of carbonyl (C=O) groups is 4. The molecule has 0 aliphatic carbocycles. The van der Waals surface area contributed by atoms with Crippen molar-refractivity contribution in [3.05, 3.63) is 86.8 Å². The molecule has 0 spiro atoms. The van der Waals surface area contributed by atoms with E-state index in [2.05, 4.69) is 5.32 Å². The standard InChI is InChI=1S/C23H17ClN2O5S/c1-2-31-23(30)18-11-15(12-26-21(28)16-5-3-4-6-17(16)22(26)29)32-20(18)25-19(27)13-7-9-14(24)10-8-13/h3-11H,2,12H2,1H3,(H,25,27). The van der Waals surface area contributed by atoms with E-state index in [0.29, 0.717) is 26.6 Å². The highest BCUT2D eigenvalue weighted by Crippen LogP contribution is 2.32. The summed E-state index contributed by atoms with van der Waals surface area (Å²) in [5, 5.41) is 3.48. The maximum atomic E-state index is 12.7. The molecule has 3 aromatic rings. The number of nitrogens with one attached hydrogen (secondary N) is 1. The van der Waals surface area contributed by atoms with Crippen molar-refractivity contribution in [2.45, 2.75) is 13.5 Å². The van der Waals surface area contributed by atoms with Gasteiger partial charge in [-0.2, -0.15) is 0 Å². The molecule has 1 aromatic heterocycles. The second-order valence-electron chi connectivity index (χ2n) is 6.88. The first-order chi connectivity index (χ1) is 15.4. The van der Waals surface area contributed by atoms with Crippen LogP contribution in [0.3, 0.4) is 0 Å². The van der Waals surface area contributed by atoms with Gasteiger partial charge in [0, 0.05) is 15.5 Å². The van der Waals surface area contributed by atoms with E-state index in [0.717, 1.165) is 16.2 Å². The average molecular weight is 469 g/mol. The van der Waals surface area contributed by atoms with Crippen LogP contribution < -0.4 is 5.32 Å². The van der Waals surface area contributed by atoms with Gasteiger partial charge >= 0.3 is 5.97 Å². The molecule has 1 aliphatic rings. The van der Waals surface area contributed by atoms with Gasteiger partial charge in [0.15, 0.2) is 0 Å². The van der Waals surface area contributed by atoms with Crippen molar-refractivity contribution < 1.29 is 23.9 Å². The second-order valence-corrected chi connectivity index (χ2v) is 8.45. The number of carbonyl (C=O) groups excluding carboxylic acids is 4. The van der Waals surface area contributed by atoms with E-state index in [9.17, 15) is 19.2 Å². The second kappa shape index (κ2) is 8.94. The van der Waals surface area contributed by atoms with Crippen LogP contribution in [0.1, 0.15) is 53.2 Å². The lowest BCUT2D eigenvalue weighted by Gasteiger charge is -2.12. The first kappa shape index (κ1) is 21.7. The molecule has 0 atom stereocenters. The highest BCUT2D eigenvalue weighted by molar-refractivity contribution is 7.16. The summed E-state index contributed by atoms with van der Waals surface area (Å²) in [5.41, 5.74) is 1.21. The topological polar surface area (TPSA) is 92.8 Å². The minimum Gasteiger partial charge on any atom is -0.462 e. The Morgan fingerprint density at radius 2 is 1.66 bits per heavy atom. The molecule has 0 bridgehead atoms. The lowest BCUT2D eigenvalue weighted by Crippen LogP contribution is -2.28. The Hall–Kier alpha value is -3.49. The van der Waals surface area contributed by atoms with Gasteiger partial charge in [-0.25, -0.2) is 4.79 Å². The third kappa shape index (κ3) is 4.15. The van der Waals surface area contributed by atoms with Crippen molar-refractivity contribution in [2.24, 2.45) is 0 Å². The van der Waals surface area contributed by atoms with Crippen molar-refractivity contribution in [1.29, 1.82) is 0 Å². The number of amides is 3.